The Kier molecular flexibility index (Phi) is 3.25. The van der Waals surface area contributed by atoms with Gasteiger partial charge in [0.2, 0.25) is 0 Å². The first-order chi connectivity index (χ1) is 7.34. The van der Waals surface area contributed by atoms with Crippen LogP contribution in [-0.4, -0.2) is 11.2 Å². The zero-order valence-electron chi connectivity index (χ0n) is 7.97. The van der Waals surface area contributed by atoms with Crippen LogP contribution >= 0.6 is 15.9 Å². The molecule has 0 bridgehead atoms. The van der Waals surface area contributed by atoms with Gasteiger partial charge in [0.1, 0.15) is 0 Å². The van der Waals surface area contributed by atoms with Crippen molar-refractivity contribution >= 4 is 27.8 Å². The Balaban J connectivity index is 2.19. The lowest BCUT2D eigenvalue weighted by Gasteiger charge is -1.93. The topological polar surface area (TPSA) is 25.2 Å². The SMILES string of the molecule is Brc1ccnc(/C=N/c2ccccc2)c1. The number of rotatable bonds is 2. The molecule has 0 N–H and O–H groups in total. The van der Waals surface area contributed by atoms with Gasteiger partial charge in [-0.3, -0.25) is 9.98 Å². The van der Waals surface area contributed by atoms with E-state index in [2.05, 4.69) is 25.9 Å². The molecule has 0 spiro atoms. The summed E-state index contributed by atoms with van der Waals surface area (Å²) in [4.78, 5) is 8.48. The van der Waals surface area contributed by atoms with E-state index < -0.39 is 0 Å². The molecule has 0 fully saturated rings. The number of nitrogens with zero attached hydrogens (tertiary/aromatic N) is 2. The number of hydrogen-bond donors (Lipinski definition) is 0. The van der Waals surface area contributed by atoms with Crippen LogP contribution in [0.3, 0.4) is 0 Å². The van der Waals surface area contributed by atoms with Gasteiger partial charge < -0.3 is 0 Å². The average molecular weight is 261 g/mol. The monoisotopic (exact) mass is 260 g/mol. The van der Waals surface area contributed by atoms with Gasteiger partial charge in [-0.25, -0.2) is 0 Å². The molecule has 0 unspecified atom stereocenters. The van der Waals surface area contributed by atoms with E-state index in [0.717, 1.165) is 15.9 Å². The highest BCUT2D eigenvalue weighted by Crippen LogP contribution is 2.11. The maximum absolute atomic E-state index is 4.31. The Morgan fingerprint density at radius 3 is 2.67 bits per heavy atom. The molecule has 0 saturated carbocycles. The number of para-hydroxylation sites is 1. The fraction of sp³-hybridized carbons (Fsp3) is 0. The van der Waals surface area contributed by atoms with E-state index in [1.165, 1.54) is 0 Å². The largest absolute Gasteiger partial charge is 0.255 e. The summed E-state index contributed by atoms with van der Waals surface area (Å²) in [5.41, 5.74) is 1.77. The van der Waals surface area contributed by atoms with Crippen LogP contribution in [0.1, 0.15) is 5.69 Å². The van der Waals surface area contributed by atoms with Gasteiger partial charge in [0.25, 0.3) is 0 Å². The van der Waals surface area contributed by atoms with Crippen molar-refractivity contribution in [2.75, 3.05) is 0 Å². The molecule has 15 heavy (non-hydrogen) atoms. The fourth-order valence-electron chi connectivity index (χ4n) is 1.15. The van der Waals surface area contributed by atoms with Gasteiger partial charge in [-0.2, -0.15) is 0 Å². The van der Waals surface area contributed by atoms with Gasteiger partial charge in [0.15, 0.2) is 0 Å². The number of pyridine rings is 1. The fourth-order valence-corrected chi connectivity index (χ4v) is 1.50. The normalized spacial score (nSPS) is 10.7. The summed E-state index contributed by atoms with van der Waals surface area (Å²) in [6.45, 7) is 0. The molecular formula is C12H9BrN2. The van der Waals surface area contributed by atoms with Crippen LogP contribution in [0.25, 0.3) is 0 Å². The van der Waals surface area contributed by atoms with Crippen molar-refractivity contribution in [3.8, 4) is 0 Å². The van der Waals surface area contributed by atoms with Gasteiger partial charge in [-0.1, -0.05) is 34.1 Å². The van der Waals surface area contributed by atoms with Crippen LogP contribution in [0.15, 0.2) is 58.1 Å². The van der Waals surface area contributed by atoms with E-state index >= 15 is 0 Å². The molecule has 1 aromatic heterocycles. The molecule has 0 aliphatic carbocycles. The third-order valence-electron chi connectivity index (χ3n) is 1.85. The molecule has 3 heteroatoms. The van der Waals surface area contributed by atoms with Crippen LogP contribution in [0.2, 0.25) is 0 Å². The molecular weight excluding hydrogens is 252 g/mol. The van der Waals surface area contributed by atoms with Gasteiger partial charge in [-0.15, -0.1) is 0 Å². The number of aliphatic imine (C=N–C) groups is 1. The predicted molar refractivity (Wildman–Crippen MR) is 65.6 cm³/mol. The second-order valence-electron chi connectivity index (χ2n) is 2.99. The van der Waals surface area contributed by atoms with Crippen molar-refractivity contribution < 1.29 is 0 Å². The zero-order chi connectivity index (χ0) is 10.5. The number of benzene rings is 1. The number of halogens is 1. The minimum Gasteiger partial charge on any atom is -0.255 e. The summed E-state index contributed by atoms with van der Waals surface area (Å²) in [5.74, 6) is 0. The Bertz CT molecular complexity index is 466. The third kappa shape index (κ3) is 2.99. The van der Waals surface area contributed by atoms with Crippen LogP contribution in [0, 0.1) is 0 Å². The Morgan fingerprint density at radius 1 is 1.13 bits per heavy atom. The van der Waals surface area contributed by atoms with E-state index in [9.17, 15) is 0 Å². The summed E-state index contributed by atoms with van der Waals surface area (Å²) < 4.78 is 1.01. The van der Waals surface area contributed by atoms with Crippen molar-refractivity contribution in [2.45, 2.75) is 0 Å². The van der Waals surface area contributed by atoms with Gasteiger partial charge in [0, 0.05) is 10.7 Å². The minimum absolute atomic E-state index is 0.841. The molecule has 0 aliphatic rings. The lowest BCUT2D eigenvalue weighted by Crippen LogP contribution is -1.85. The second kappa shape index (κ2) is 4.84. The molecule has 0 radical (unpaired) electrons. The Labute approximate surface area is 96.8 Å². The third-order valence-corrected chi connectivity index (χ3v) is 2.34. The van der Waals surface area contributed by atoms with Crippen LogP contribution in [0.5, 0.6) is 0 Å². The van der Waals surface area contributed by atoms with E-state index in [0.29, 0.717) is 0 Å². The Morgan fingerprint density at radius 2 is 1.93 bits per heavy atom. The lowest BCUT2D eigenvalue weighted by molar-refractivity contribution is 1.29. The molecule has 0 aliphatic heterocycles. The first-order valence-electron chi connectivity index (χ1n) is 4.55. The van der Waals surface area contributed by atoms with E-state index in [1.54, 1.807) is 12.4 Å². The maximum atomic E-state index is 4.31. The van der Waals surface area contributed by atoms with Crippen LogP contribution in [0.4, 0.5) is 5.69 Å². The molecule has 0 amide bonds. The molecule has 2 nitrogen and oxygen atoms in total. The highest BCUT2D eigenvalue weighted by atomic mass is 79.9. The van der Waals surface area contributed by atoms with Gasteiger partial charge in [0.05, 0.1) is 17.6 Å². The standard InChI is InChI=1S/C12H9BrN2/c13-10-6-7-14-12(8-10)9-15-11-4-2-1-3-5-11/h1-9H/b15-9+. The highest BCUT2D eigenvalue weighted by Gasteiger charge is 1.90. The highest BCUT2D eigenvalue weighted by molar-refractivity contribution is 9.10. The second-order valence-corrected chi connectivity index (χ2v) is 3.91. The summed E-state index contributed by atoms with van der Waals surface area (Å²) in [6, 6.07) is 13.6. The summed E-state index contributed by atoms with van der Waals surface area (Å²) >= 11 is 3.39. The zero-order valence-corrected chi connectivity index (χ0v) is 9.55. The van der Waals surface area contributed by atoms with E-state index in [4.69, 9.17) is 0 Å². The van der Waals surface area contributed by atoms with Crippen molar-refractivity contribution in [1.82, 2.24) is 4.98 Å². The van der Waals surface area contributed by atoms with Crippen molar-refractivity contribution in [1.29, 1.82) is 0 Å². The summed E-state index contributed by atoms with van der Waals surface area (Å²) in [5, 5.41) is 0. The number of hydrogen-bond acceptors (Lipinski definition) is 2. The first kappa shape index (κ1) is 10.1. The van der Waals surface area contributed by atoms with Crippen molar-refractivity contribution in [3.05, 3.63) is 58.8 Å². The molecule has 1 aromatic carbocycles. The van der Waals surface area contributed by atoms with Gasteiger partial charge >= 0.3 is 0 Å². The maximum Gasteiger partial charge on any atom is 0.0823 e. The van der Waals surface area contributed by atoms with Crippen LogP contribution in [-0.2, 0) is 0 Å². The molecule has 0 atom stereocenters. The van der Waals surface area contributed by atoms with Gasteiger partial charge in [-0.05, 0) is 24.3 Å². The molecule has 1 heterocycles. The van der Waals surface area contributed by atoms with Crippen molar-refractivity contribution in [2.24, 2.45) is 4.99 Å². The molecule has 2 rings (SSSR count). The Hall–Kier alpha value is -1.48. The average Bonchev–Trinajstić information content (AvgIpc) is 2.28. The molecule has 2 aromatic rings. The van der Waals surface area contributed by atoms with E-state index in [-0.39, 0.29) is 0 Å². The molecule has 0 saturated heterocycles. The molecule has 74 valence electrons. The predicted octanol–water partition coefficient (Wildman–Crippen LogP) is 3.59. The van der Waals surface area contributed by atoms with Crippen molar-refractivity contribution in [3.63, 3.8) is 0 Å². The first-order valence-corrected chi connectivity index (χ1v) is 5.34. The smallest absolute Gasteiger partial charge is 0.0823 e. The summed E-state index contributed by atoms with van der Waals surface area (Å²) in [7, 11) is 0. The van der Waals surface area contributed by atoms with E-state index in [1.807, 2.05) is 42.5 Å². The van der Waals surface area contributed by atoms with Crippen LogP contribution < -0.4 is 0 Å². The lowest BCUT2D eigenvalue weighted by atomic mass is 10.3. The number of aromatic nitrogens is 1. The quantitative estimate of drug-likeness (QED) is 0.758. The summed E-state index contributed by atoms with van der Waals surface area (Å²) in [6.07, 6.45) is 3.50. The minimum atomic E-state index is 0.841.